The van der Waals surface area contributed by atoms with Crippen LogP contribution < -0.4 is 21.1 Å². The van der Waals surface area contributed by atoms with Gasteiger partial charge in [-0.25, -0.2) is 19.2 Å². The number of anilines is 2. The number of carbonyl (C=O) groups excluding carboxylic acids is 2. The number of benzene rings is 2. The molecule has 0 aromatic heterocycles. The third-order valence-corrected chi connectivity index (χ3v) is 6.17. The monoisotopic (exact) mass is 445 g/mol. The summed E-state index contributed by atoms with van der Waals surface area (Å²) >= 11 is 1.06. The van der Waals surface area contributed by atoms with Crippen molar-refractivity contribution in [2.45, 2.75) is 20.0 Å². The molecule has 2 unspecified atom stereocenters. The van der Waals surface area contributed by atoms with Gasteiger partial charge >= 0.3 is 0 Å². The number of aliphatic imine (C=N–C) groups is 1. The van der Waals surface area contributed by atoms with Gasteiger partial charge in [0.1, 0.15) is 6.17 Å². The second-order valence-electron chi connectivity index (χ2n) is 7.40. The molecule has 2 aliphatic heterocycles. The van der Waals surface area contributed by atoms with Crippen molar-refractivity contribution < 1.29 is 18.4 Å². The first kappa shape index (κ1) is 21.4. The fraction of sp³-hybridized carbons (Fsp3) is 0.286. The first-order chi connectivity index (χ1) is 14.8. The van der Waals surface area contributed by atoms with E-state index in [9.17, 15) is 18.4 Å². The summed E-state index contributed by atoms with van der Waals surface area (Å²) in [7, 11) is 0. The predicted molar refractivity (Wildman–Crippen MR) is 117 cm³/mol. The highest BCUT2D eigenvalue weighted by Crippen LogP contribution is 2.30. The van der Waals surface area contributed by atoms with Crippen LogP contribution in [0, 0.1) is 31.4 Å². The van der Waals surface area contributed by atoms with Crippen LogP contribution in [0.15, 0.2) is 41.4 Å². The molecular weight excluding hydrogens is 424 g/mol. The Morgan fingerprint density at radius 1 is 1.19 bits per heavy atom. The molecule has 4 rings (SSSR count). The number of hydrazine groups is 1. The van der Waals surface area contributed by atoms with Crippen LogP contribution >= 0.6 is 11.8 Å². The Bertz CT molecular complexity index is 1080. The Morgan fingerprint density at radius 2 is 2.00 bits per heavy atom. The molecule has 1 saturated heterocycles. The van der Waals surface area contributed by atoms with Crippen LogP contribution in [0.2, 0.25) is 0 Å². The summed E-state index contributed by atoms with van der Waals surface area (Å²) in [6.45, 7) is 4.31. The topological polar surface area (TPSA) is 85.8 Å². The third kappa shape index (κ3) is 4.46. The fourth-order valence-corrected chi connectivity index (χ4v) is 4.22. The number of nitrogens with one attached hydrogen (secondary N) is 3. The van der Waals surface area contributed by atoms with Gasteiger partial charge in [-0.05, 0) is 49.2 Å². The molecular formula is C21H21F2N5O2S. The number of thioether (sulfide) groups is 1. The maximum Gasteiger partial charge on any atom is 0.241 e. The lowest BCUT2D eigenvalue weighted by Gasteiger charge is -2.32. The maximum atomic E-state index is 13.8. The SMILES string of the molecule is Cc1ccc(NC(=O)CSC2=NC3NNCC3C(=O)N2c2ccc(F)c(F)c2)cc1C. The van der Waals surface area contributed by atoms with E-state index in [0.29, 0.717) is 12.2 Å². The van der Waals surface area contributed by atoms with Crippen LogP contribution in [0.3, 0.4) is 0 Å². The molecule has 2 amide bonds. The Morgan fingerprint density at radius 3 is 2.74 bits per heavy atom. The molecule has 2 atom stereocenters. The summed E-state index contributed by atoms with van der Waals surface area (Å²) in [4.78, 5) is 31.3. The number of rotatable bonds is 4. The minimum atomic E-state index is -1.06. The van der Waals surface area contributed by atoms with Crippen molar-refractivity contribution in [1.82, 2.24) is 10.9 Å². The highest BCUT2D eigenvalue weighted by atomic mass is 32.2. The largest absolute Gasteiger partial charge is 0.325 e. The molecule has 2 aromatic rings. The number of aryl methyl sites for hydroxylation is 2. The Labute approximate surface area is 182 Å². The van der Waals surface area contributed by atoms with Crippen LogP contribution in [-0.2, 0) is 9.59 Å². The van der Waals surface area contributed by atoms with Crippen LogP contribution in [0.5, 0.6) is 0 Å². The van der Waals surface area contributed by atoms with Crippen molar-refractivity contribution in [2.75, 3.05) is 22.5 Å². The van der Waals surface area contributed by atoms with E-state index in [0.717, 1.165) is 35.0 Å². The molecule has 0 spiro atoms. The van der Waals surface area contributed by atoms with Gasteiger partial charge in [-0.1, -0.05) is 17.8 Å². The Kier molecular flexibility index (Phi) is 6.03. The van der Waals surface area contributed by atoms with Gasteiger partial charge in [0.25, 0.3) is 0 Å². The van der Waals surface area contributed by atoms with Gasteiger partial charge in [0.15, 0.2) is 16.8 Å². The number of hydrogen-bond acceptors (Lipinski definition) is 6. The molecule has 10 heteroatoms. The Hall–Kier alpha value is -2.82. The van der Waals surface area contributed by atoms with Gasteiger partial charge in [-0.3, -0.25) is 19.9 Å². The van der Waals surface area contributed by atoms with E-state index < -0.39 is 23.7 Å². The number of hydrogen-bond donors (Lipinski definition) is 3. The second kappa shape index (κ2) is 8.74. The molecule has 0 radical (unpaired) electrons. The summed E-state index contributed by atoms with van der Waals surface area (Å²) in [6, 6.07) is 8.85. The lowest BCUT2D eigenvalue weighted by atomic mass is 10.0. The molecule has 0 saturated carbocycles. The fourth-order valence-electron chi connectivity index (χ4n) is 3.38. The van der Waals surface area contributed by atoms with Crippen molar-refractivity contribution in [3.05, 3.63) is 59.2 Å². The van der Waals surface area contributed by atoms with E-state index in [-0.39, 0.29) is 28.4 Å². The zero-order valence-corrected chi connectivity index (χ0v) is 17.7. The third-order valence-electron chi connectivity index (χ3n) is 5.22. The highest BCUT2D eigenvalue weighted by molar-refractivity contribution is 8.14. The van der Waals surface area contributed by atoms with E-state index >= 15 is 0 Å². The second-order valence-corrected chi connectivity index (χ2v) is 8.34. The first-order valence-electron chi connectivity index (χ1n) is 9.68. The van der Waals surface area contributed by atoms with E-state index in [1.807, 2.05) is 32.0 Å². The first-order valence-corrected chi connectivity index (χ1v) is 10.7. The number of amidine groups is 1. The molecule has 0 aliphatic carbocycles. The van der Waals surface area contributed by atoms with E-state index in [2.05, 4.69) is 21.2 Å². The molecule has 2 aliphatic rings. The summed E-state index contributed by atoms with van der Waals surface area (Å²) in [6.07, 6.45) is -0.487. The van der Waals surface area contributed by atoms with Gasteiger partial charge in [-0.15, -0.1) is 0 Å². The molecule has 3 N–H and O–H groups in total. The van der Waals surface area contributed by atoms with Crippen molar-refractivity contribution >= 4 is 40.1 Å². The summed E-state index contributed by atoms with van der Waals surface area (Å²) in [5.41, 5.74) is 8.82. The molecule has 0 bridgehead atoms. The number of fused-ring (bicyclic) bond motifs is 1. The molecule has 162 valence electrons. The van der Waals surface area contributed by atoms with Crippen LogP contribution in [0.25, 0.3) is 0 Å². The summed E-state index contributed by atoms with van der Waals surface area (Å²) in [5.74, 6) is -3.14. The van der Waals surface area contributed by atoms with Crippen molar-refractivity contribution in [3.8, 4) is 0 Å². The zero-order valence-electron chi connectivity index (χ0n) is 16.9. The van der Waals surface area contributed by atoms with Crippen molar-refractivity contribution in [1.29, 1.82) is 0 Å². The number of halogens is 2. The smallest absolute Gasteiger partial charge is 0.241 e. The van der Waals surface area contributed by atoms with Crippen LogP contribution in [-0.4, -0.2) is 35.4 Å². The summed E-state index contributed by atoms with van der Waals surface area (Å²) < 4.78 is 27.2. The van der Waals surface area contributed by atoms with Gasteiger partial charge < -0.3 is 5.32 Å². The van der Waals surface area contributed by atoms with Crippen molar-refractivity contribution in [2.24, 2.45) is 10.9 Å². The van der Waals surface area contributed by atoms with E-state index in [1.165, 1.54) is 11.0 Å². The quantitative estimate of drug-likeness (QED) is 0.674. The summed E-state index contributed by atoms with van der Waals surface area (Å²) in [5, 5.41) is 3.06. The van der Waals surface area contributed by atoms with E-state index in [1.54, 1.807) is 0 Å². The van der Waals surface area contributed by atoms with Crippen molar-refractivity contribution in [3.63, 3.8) is 0 Å². The van der Waals surface area contributed by atoms with Gasteiger partial charge in [0, 0.05) is 18.3 Å². The maximum absolute atomic E-state index is 13.8. The Balaban J connectivity index is 1.53. The molecule has 2 heterocycles. The van der Waals surface area contributed by atoms with Crippen LogP contribution in [0.4, 0.5) is 20.2 Å². The van der Waals surface area contributed by atoms with Gasteiger partial charge in [0.2, 0.25) is 11.8 Å². The number of nitrogens with zero attached hydrogens (tertiary/aromatic N) is 2. The number of carbonyl (C=O) groups is 2. The lowest BCUT2D eigenvalue weighted by Crippen LogP contribution is -2.49. The zero-order chi connectivity index (χ0) is 22.1. The molecule has 1 fully saturated rings. The average molecular weight is 445 g/mol. The normalized spacial score (nSPS) is 20.5. The molecule has 31 heavy (non-hydrogen) atoms. The minimum absolute atomic E-state index is 0.00989. The lowest BCUT2D eigenvalue weighted by molar-refractivity contribution is -0.121. The predicted octanol–water partition coefficient (Wildman–Crippen LogP) is 2.71. The van der Waals surface area contributed by atoms with Gasteiger partial charge in [0.05, 0.1) is 17.4 Å². The average Bonchev–Trinajstić information content (AvgIpc) is 3.20. The van der Waals surface area contributed by atoms with Gasteiger partial charge in [-0.2, -0.15) is 0 Å². The number of amides is 2. The van der Waals surface area contributed by atoms with E-state index in [4.69, 9.17) is 0 Å². The standard InChI is InChI=1S/C21H21F2N5O2S/c1-11-3-4-13(7-12(11)2)25-18(29)10-31-21-26-19-15(9-24-27-19)20(30)28(21)14-5-6-16(22)17(23)8-14/h3-8,15,19,24,27H,9-10H2,1-2H3,(H,25,29). The minimum Gasteiger partial charge on any atom is -0.325 e. The van der Waals surface area contributed by atoms with Crippen LogP contribution in [0.1, 0.15) is 11.1 Å². The highest BCUT2D eigenvalue weighted by Gasteiger charge is 2.42. The molecule has 7 nitrogen and oxygen atoms in total. The molecule has 2 aromatic carbocycles.